The van der Waals surface area contributed by atoms with Crippen molar-refractivity contribution in [1.29, 1.82) is 0 Å². The summed E-state index contributed by atoms with van der Waals surface area (Å²) in [7, 11) is -4.14. The number of anilines is 1. The second-order valence-corrected chi connectivity index (χ2v) is 12.5. The number of carbonyl (C=O) groups excluding carboxylic acids is 2. The fourth-order valence-corrected chi connectivity index (χ4v) is 6.24. The smallest absolute Gasteiger partial charge is 0.264 e. The second kappa shape index (κ2) is 13.5. The van der Waals surface area contributed by atoms with Crippen LogP contribution >= 0.6 is 23.2 Å². The van der Waals surface area contributed by atoms with Crippen LogP contribution in [0.25, 0.3) is 0 Å². The third-order valence-corrected chi connectivity index (χ3v) is 9.27. The molecule has 0 aromatic heterocycles. The minimum atomic E-state index is -4.14. The van der Waals surface area contributed by atoms with E-state index in [0.29, 0.717) is 33.3 Å². The molecule has 2 atom stereocenters. The highest BCUT2D eigenvalue weighted by Gasteiger charge is 2.33. The third-order valence-electron chi connectivity index (χ3n) is 6.79. The van der Waals surface area contributed by atoms with Crippen LogP contribution in [0.1, 0.15) is 43.9 Å². The summed E-state index contributed by atoms with van der Waals surface area (Å²) in [6, 6.07) is 17.2. The average molecular weight is 605 g/mol. The van der Waals surface area contributed by atoms with Gasteiger partial charge in [-0.3, -0.25) is 13.9 Å². The Balaban J connectivity index is 2.09. The lowest BCUT2D eigenvalue weighted by molar-refractivity contribution is -0.139. The van der Waals surface area contributed by atoms with Gasteiger partial charge < -0.3 is 10.2 Å². The van der Waals surface area contributed by atoms with E-state index in [2.05, 4.69) is 5.32 Å². The van der Waals surface area contributed by atoms with Crippen LogP contribution in [-0.4, -0.2) is 43.8 Å². The zero-order valence-corrected chi connectivity index (χ0v) is 25.6. The molecule has 3 rings (SSSR count). The van der Waals surface area contributed by atoms with E-state index in [9.17, 15) is 18.0 Å². The number of hydrogen-bond acceptors (Lipinski definition) is 4. The molecule has 0 saturated carbocycles. The predicted molar refractivity (Wildman–Crippen MR) is 161 cm³/mol. The van der Waals surface area contributed by atoms with Gasteiger partial charge in [-0.15, -0.1) is 0 Å². The van der Waals surface area contributed by atoms with Crippen LogP contribution in [0.4, 0.5) is 5.69 Å². The number of hydrogen-bond donors (Lipinski definition) is 1. The maximum Gasteiger partial charge on any atom is 0.264 e. The van der Waals surface area contributed by atoms with Crippen molar-refractivity contribution in [2.75, 3.05) is 10.8 Å². The van der Waals surface area contributed by atoms with Crippen molar-refractivity contribution >= 4 is 50.7 Å². The van der Waals surface area contributed by atoms with Crippen molar-refractivity contribution in [3.05, 3.63) is 93.5 Å². The summed E-state index contributed by atoms with van der Waals surface area (Å²) >= 11 is 12.9. The minimum Gasteiger partial charge on any atom is -0.352 e. The van der Waals surface area contributed by atoms with Gasteiger partial charge >= 0.3 is 0 Å². The van der Waals surface area contributed by atoms with Crippen LogP contribution in [0.15, 0.2) is 71.6 Å². The highest BCUT2D eigenvalue weighted by atomic mass is 35.5. The number of benzene rings is 3. The van der Waals surface area contributed by atoms with Gasteiger partial charge in [-0.1, -0.05) is 72.1 Å². The molecule has 0 radical (unpaired) electrons. The Morgan fingerprint density at radius 3 is 2.12 bits per heavy atom. The van der Waals surface area contributed by atoms with Gasteiger partial charge in [0.05, 0.1) is 10.6 Å². The molecular formula is C30H35Cl2N3O4S. The van der Waals surface area contributed by atoms with E-state index in [1.807, 2.05) is 26.8 Å². The van der Waals surface area contributed by atoms with E-state index in [4.69, 9.17) is 23.2 Å². The molecule has 0 saturated heterocycles. The maximum absolute atomic E-state index is 14.1. The molecular weight excluding hydrogens is 569 g/mol. The molecule has 40 heavy (non-hydrogen) atoms. The van der Waals surface area contributed by atoms with Gasteiger partial charge in [0.1, 0.15) is 12.6 Å². The van der Waals surface area contributed by atoms with Gasteiger partial charge in [0.15, 0.2) is 0 Å². The second-order valence-electron chi connectivity index (χ2n) is 9.83. The summed E-state index contributed by atoms with van der Waals surface area (Å²) in [4.78, 5) is 28.6. The van der Waals surface area contributed by atoms with Gasteiger partial charge in [-0.05, 0) is 70.0 Å². The predicted octanol–water partition coefficient (Wildman–Crippen LogP) is 6.14. The molecule has 1 N–H and O–H groups in total. The van der Waals surface area contributed by atoms with E-state index in [1.54, 1.807) is 62.4 Å². The van der Waals surface area contributed by atoms with Crippen molar-refractivity contribution < 1.29 is 18.0 Å². The normalized spacial score (nSPS) is 12.9. The summed E-state index contributed by atoms with van der Waals surface area (Å²) in [5.74, 6) is -0.947. The lowest BCUT2D eigenvalue weighted by Crippen LogP contribution is -2.52. The number of carbonyl (C=O) groups is 2. The molecule has 0 bridgehead atoms. The molecule has 7 nitrogen and oxygen atoms in total. The monoisotopic (exact) mass is 603 g/mol. The SMILES string of the molecule is CC[C@@H](C)NC(=O)[C@@H](C)N(Cc1c(Cl)cccc1Cl)C(=O)CN(c1ccc(C)cc1C)S(=O)(=O)c1ccccc1. The summed E-state index contributed by atoms with van der Waals surface area (Å²) in [5.41, 5.74) is 2.48. The standard InChI is InChI=1S/C30H35Cl2N3O4S/c1-6-22(4)33-30(37)23(5)34(18-25-26(31)13-10-14-27(25)32)29(36)19-35(28-16-15-20(2)17-21(28)3)40(38,39)24-11-8-7-9-12-24/h7-17,22-23H,6,18-19H2,1-5H3,(H,33,37)/t22-,23-/m1/s1. The molecule has 0 spiro atoms. The largest absolute Gasteiger partial charge is 0.352 e. The topological polar surface area (TPSA) is 86.8 Å². The molecule has 3 aromatic carbocycles. The van der Waals surface area contributed by atoms with Crippen molar-refractivity contribution in [1.82, 2.24) is 10.2 Å². The van der Waals surface area contributed by atoms with Crippen LogP contribution in [0.2, 0.25) is 10.0 Å². The fraction of sp³-hybridized carbons (Fsp3) is 0.333. The lowest BCUT2D eigenvalue weighted by Gasteiger charge is -2.33. The Bertz CT molecular complexity index is 1440. The van der Waals surface area contributed by atoms with E-state index < -0.39 is 28.5 Å². The molecule has 0 unspecified atom stereocenters. The Labute approximate surface area is 247 Å². The minimum absolute atomic E-state index is 0.0473. The van der Waals surface area contributed by atoms with Crippen molar-refractivity contribution in [2.45, 2.75) is 64.6 Å². The number of halogens is 2. The number of nitrogens with one attached hydrogen (secondary N) is 1. The summed E-state index contributed by atoms with van der Waals surface area (Å²) < 4.78 is 28.9. The summed E-state index contributed by atoms with van der Waals surface area (Å²) in [6.07, 6.45) is 0.707. The van der Waals surface area contributed by atoms with Gasteiger partial charge in [0, 0.05) is 28.2 Å². The number of rotatable bonds is 11. The molecule has 0 aliphatic heterocycles. The maximum atomic E-state index is 14.1. The highest BCUT2D eigenvalue weighted by Crippen LogP contribution is 2.30. The van der Waals surface area contributed by atoms with Gasteiger partial charge in [0.25, 0.3) is 10.0 Å². The fourth-order valence-electron chi connectivity index (χ4n) is 4.22. The molecule has 3 aromatic rings. The molecule has 0 heterocycles. The zero-order chi connectivity index (χ0) is 29.6. The van der Waals surface area contributed by atoms with E-state index in [0.717, 1.165) is 9.87 Å². The number of amides is 2. The highest BCUT2D eigenvalue weighted by molar-refractivity contribution is 7.92. The van der Waals surface area contributed by atoms with Crippen molar-refractivity contribution in [3.8, 4) is 0 Å². The Morgan fingerprint density at radius 2 is 1.55 bits per heavy atom. The average Bonchev–Trinajstić information content (AvgIpc) is 2.91. The first-order valence-electron chi connectivity index (χ1n) is 13.0. The van der Waals surface area contributed by atoms with Crippen molar-refractivity contribution in [3.63, 3.8) is 0 Å². The van der Waals surface area contributed by atoms with Gasteiger partial charge in [-0.25, -0.2) is 8.42 Å². The van der Waals surface area contributed by atoms with E-state index in [1.165, 1.54) is 17.0 Å². The summed E-state index contributed by atoms with van der Waals surface area (Å²) in [6.45, 7) is 8.50. The first-order valence-corrected chi connectivity index (χ1v) is 15.2. The zero-order valence-electron chi connectivity index (χ0n) is 23.3. The Hall–Kier alpha value is -3.07. The van der Waals surface area contributed by atoms with Gasteiger partial charge in [0.2, 0.25) is 11.8 Å². The summed E-state index contributed by atoms with van der Waals surface area (Å²) in [5, 5.41) is 3.58. The van der Waals surface area contributed by atoms with Crippen LogP contribution in [0, 0.1) is 13.8 Å². The van der Waals surface area contributed by atoms with Crippen LogP contribution in [-0.2, 0) is 26.2 Å². The molecule has 0 aliphatic carbocycles. The number of aryl methyl sites for hydroxylation is 2. The molecule has 0 fully saturated rings. The number of nitrogens with zero attached hydrogens (tertiary/aromatic N) is 2. The third kappa shape index (κ3) is 7.36. The first-order chi connectivity index (χ1) is 18.9. The molecule has 2 amide bonds. The van der Waals surface area contributed by atoms with Crippen molar-refractivity contribution in [2.24, 2.45) is 0 Å². The van der Waals surface area contributed by atoms with E-state index >= 15 is 0 Å². The Kier molecular flexibility index (Phi) is 10.6. The Morgan fingerprint density at radius 1 is 0.925 bits per heavy atom. The van der Waals surface area contributed by atoms with Gasteiger partial charge in [-0.2, -0.15) is 0 Å². The van der Waals surface area contributed by atoms with Crippen LogP contribution in [0.3, 0.4) is 0 Å². The number of sulfonamides is 1. The van der Waals surface area contributed by atoms with Crippen LogP contribution in [0.5, 0.6) is 0 Å². The van der Waals surface area contributed by atoms with Crippen LogP contribution < -0.4 is 9.62 Å². The quantitative estimate of drug-likeness (QED) is 0.285. The molecule has 0 aliphatic rings. The first kappa shape index (κ1) is 31.5. The lowest BCUT2D eigenvalue weighted by atomic mass is 10.1. The molecule has 10 heteroatoms. The van der Waals surface area contributed by atoms with E-state index in [-0.39, 0.29) is 23.4 Å². The molecule has 214 valence electrons.